The lowest BCUT2D eigenvalue weighted by atomic mass is 10.6. The van der Waals surface area contributed by atoms with Gasteiger partial charge >= 0.3 is 0 Å². The van der Waals surface area contributed by atoms with Crippen molar-refractivity contribution in [2.24, 2.45) is 11.5 Å². The Kier molecular flexibility index (Phi) is 2.24. The first-order valence-corrected chi connectivity index (χ1v) is 1.58. The molecule has 0 amide bonds. The van der Waals surface area contributed by atoms with E-state index in [2.05, 4.69) is 11.8 Å². The Labute approximate surface area is 42.5 Å². The van der Waals surface area contributed by atoms with Gasteiger partial charge in [-0.1, -0.05) is 0 Å². The van der Waals surface area contributed by atoms with E-state index in [9.17, 15) is 0 Å². The van der Waals surface area contributed by atoms with Crippen molar-refractivity contribution in [1.29, 1.82) is 0 Å². The summed E-state index contributed by atoms with van der Waals surface area (Å²) in [6.45, 7) is 0. The minimum absolute atomic E-state index is 0.0137. The quantitative estimate of drug-likeness (QED) is 0.236. The molecule has 0 aromatic carbocycles. The van der Waals surface area contributed by atoms with Crippen LogP contribution in [0.25, 0.3) is 0 Å². The Hall–Kier alpha value is -1.41. The van der Waals surface area contributed by atoms with Crippen molar-refractivity contribution in [2.45, 2.75) is 0 Å². The van der Waals surface area contributed by atoms with Crippen LogP contribution in [0, 0.1) is 18.4 Å². The molecule has 0 aliphatic heterocycles. The molecule has 0 aliphatic carbocycles. The predicted octanol–water partition coefficient (Wildman–Crippen LogP) is -0.707. The Balaban J connectivity index is 3.95. The van der Waals surface area contributed by atoms with Gasteiger partial charge in [0, 0.05) is 0 Å². The minimum Gasteiger partial charge on any atom is -0.379 e. The first-order chi connectivity index (χ1) is 3.27. The highest BCUT2D eigenvalue weighted by atomic mass is 14.8. The van der Waals surface area contributed by atoms with Crippen LogP contribution in [-0.2, 0) is 0 Å². The largest absolute Gasteiger partial charge is 0.379 e. The molecule has 0 spiro atoms. The second-order valence-corrected chi connectivity index (χ2v) is 0.830. The summed E-state index contributed by atoms with van der Waals surface area (Å²) in [6, 6.07) is 0. The molecule has 7 heavy (non-hydrogen) atoms. The highest BCUT2D eigenvalue weighted by molar-refractivity contribution is 4.99. The fourth-order valence-corrected chi connectivity index (χ4v) is 0.103. The van der Waals surface area contributed by atoms with Gasteiger partial charge in [0.15, 0.2) is 0 Å². The Morgan fingerprint density at radius 3 is 2.29 bits per heavy atom. The summed E-state index contributed by atoms with van der Waals surface area (Å²) in [5.74, 6) is 1.82. The zero-order valence-electron chi connectivity index (χ0n) is 3.65. The van der Waals surface area contributed by atoms with Crippen molar-refractivity contribution in [3.8, 4) is 5.92 Å². The molecule has 34 valence electrons. The normalized spacial score (nSPS) is 5.00. The molecule has 0 fully saturated rings. The summed E-state index contributed by atoms with van der Waals surface area (Å²) >= 11 is 0. The lowest BCUT2D eigenvalue weighted by Gasteiger charge is -1.73. The molecule has 0 radical (unpaired) electrons. The maximum Gasteiger partial charge on any atom is 0.147 e. The minimum atomic E-state index is 0.0137. The fourth-order valence-electron chi connectivity index (χ4n) is 0.103. The average Bonchev–Trinajstić information content (AvgIpc) is 1.61. The van der Waals surface area contributed by atoms with Crippen LogP contribution in [-0.4, -0.2) is 0 Å². The van der Waals surface area contributed by atoms with Crippen molar-refractivity contribution in [3.05, 3.63) is 24.1 Å². The van der Waals surface area contributed by atoms with Gasteiger partial charge in [-0.3, -0.25) is 0 Å². The van der Waals surface area contributed by atoms with E-state index in [0.717, 1.165) is 0 Å². The molecule has 0 bridgehead atoms. The van der Waals surface area contributed by atoms with Crippen molar-refractivity contribution in [2.75, 3.05) is 0 Å². The SMILES string of the molecule is [C-]#C[C+]=C=C(N)N. The van der Waals surface area contributed by atoms with Crippen LogP contribution in [0.15, 0.2) is 11.6 Å². The zero-order chi connectivity index (χ0) is 5.70. The number of allylic oxidation sites excluding steroid dienone is 1. The van der Waals surface area contributed by atoms with Crippen LogP contribution in [0.2, 0.25) is 0 Å². The lowest BCUT2D eigenvalue weighted by molar-refractivity contribution is 1.26. The summed E-state index contributed by atoms with van der Waals surface area (Å²) in [4.78, 5) is 0. The number of nitrogens with two attached hydrogens (primary N) is 2. The number of rotatable bonds is 0. The predicted molar refractivity (Wildman–Crippen MR) is 25.8 cm³/mol. The molecule has 0 aromatic rings. The fraction of sp³-hybridized carbons (Fsp3) is 0. The summed E-state index contributed by atoms with van der Waals surface area (Å²) in [7, 11) is 0. The van der Waals surface area contributed by atoms with E-state index in [4.69, 9.17) is 17.9 Å². The van der Waals surface area contributed by atoms with Crippen molar-refractivity contribution in [1.82, 2.24) is 0 Å². The first-order valence-electron chi connectivity index (χ1n) is 1.58. The highest BCUT2D eigenvalue weighted by Gasteiger charge is 1.62. The smallest absolute Gasteiger partial charge is 0.147 e. The Morgan fingerprint density at radius 1 is 1.57 bits per heavy atom. The summed E-state index contributed by atoms with van der Waals surface area (Å²) < 4.78 is 0. The molecule has 0 saturated heterocycles. The van der Waals surface area contributed by atoms with Gasteiger partial charge in [-0.15, -0.1) is 0 Å². The molecule has 2 nitrogen and oxygen atoms in total. The third-order valence-corrected chi connectivity index (χ3v) is 0.269. The standard InChI is InChI=1S/C5H4N2/c1-2-3-4-5(6)7/h6-7H2. The third kappa shape index (κ3) is 4.59. The van der Waals surface area contributed by atoms with Crippen LogP contribution in [0.4, 0.5) is 0 Å². The van der Waals surface area contributed by atoms with E-state index < -0.39 is 0 Å². The van der Waals surface area contributed by atoms with E-state index in [0.29, 0.717) is 0 Å². The van der Waals surface area contributed by atoms with E-state index in [1.54, 1.807) is 0 Å². The van der Waals surface area contributed by atoms with Gasteiger partial charge in [-0.05, 0) is 24.2 Å². The lowest BCUT2D eigenvalue weighted by Crippen LogP contribution is -2.05. The highest BCUT2D eigenvalue weighted by Crippen LogP contribution is 1.58. The molecule has 0 aliphatic rings. The van der Waals surface area contributed by atoms with Gasteiger partial charge in [0.05, 0.1) is 0 Å². The third-order valence-electron chi connectivity index (χ3n) is 0.269. The van der Waals surface area contributed by atoms with E-state index >= 15 is 0 Å². The van der Waals surface area contributed by atoms with Gasteiger partial charge in [-0.25, -0.2) is 0 Å². The molecule has 0 heterocycles. The van der Waals surface area contributed by atoms with Crippen molar-refractivity contribution in [3.63, 3.8) is 0 Å². The molecule has 0 unspecified atom stereocenters. The molecular formula is C5H4N2. The van der Waals surface area contributed by atoms with Gasteiger partial charge < -0.3 is 11.5 Å². The first kappa shape index (κ1) is 5.59. The van der Waals surface area contributed by atoms with Crippen molar-refractivity contribution >= 4 is 0 Å². The van der Waals surface area contributed by atoms with Crippen LogP contribution in [0.5, 0.6) is 0 Å². The molecular weight excluding hydrogens is 88.1 g/mol. The topological polar surface area (TPSA) is 52.0 Å². The maximum atomic E-state index is 6.25. The van der Waals surface area contributed by atoms with Crippen LogP contribution >= 0.6 is 0 Å². The molecule has 0 aromatic heterocycles. The van der Waals surface area contributed by atoms with Crippen LogP contribution in [0.1, 0.15) is 0 Å². The molecule has 2 heteroatoms. The second-order valence-electron chi connectivity index (χ2n) is 0.830. The van der Waals surface area contributed by atoms with E-state index in [1.807, 2.05) is 5.92 Å². The summed E-state index contributed by atoms with van der Waals surface area (Å²) in [6.07, 6.45) is 8.38. The van der Waals surface area contributed by atoms with Gasteiger partial charge in [0.25, 0.3) is 0 Å². The van der Waals surface area contributed by atoms with Gasteiger partial charge in [0.1, 0.15) is 5.82 Å². The van der Waals surface area contributed by atoms with Crippen LogP contribution < -0.4 is 11.5 Å². The zero-order valence-corrected chi connectivity index (χ0v) is 3.65. The molecule has 0 rings (SSSR count). The van der Waals surface area contributed by atoms with E-state index in [1.165, 1.54) is 0 Å². The van der Waals surface area contributed by atoms with Crippen molar-refractivity contribution < 1.29 is 0 Å². The Morgan fingerprint density at radius 2 is 2.14 bits per heavy atom. The molecule has 4 N–H and O–H groups in total. The van der Waals surface area contributed by atoms with Crippen LogP contribution in [0.3, 0.4) is 0 Å². The second kappa shape index (κ2) is 2.81. The van der Waals surface area contributed by atoms with Gasteiger partial charge in [0.2, 0.25) is 0 Å². The Bertz CT molecular complexity index is 140. The average molecular weight is 92.1 g/mol. The summed E-state index contributed by atoms with van der Waals surface area (Å²) in [5.41, 5.74) is 12.0. The monoisotopic (exact) mass is 92.0 g/mol. The van der Waals surface area contributed by atoms with Gasteiger partial charge in [-0.2, -0.15) is 0 Å². The molecule has 0 atom stereocenters. The summed E-state index contributed by atoms with van der Waals surface area (Å²) in [5, 5.41) is 0. The number of hydrogen-bond donors (Lipinski definition) is 2. The van der Waals surface area contributed by atoms with E-state index in [-0.39, 0.29) is 5.82 Å². The maximum absolute atomic E-state index is 6.25. The number of hydrogen-bond acceptors (Lipinski definition) is 2. The molecule has 0 saturated carbocycles.